The molecule has 0 spiro atoms. The second kappa shape index (κ2) is 15.7. The maximum atomic E-state index is 14.1. The number of rotatable bonds is 7. The molecule has 3 N–H and O–H groups in total. The van der Waals surface area contributed by atoms with Crippen LogP contribution in [-0.4, -0.2) is 126 Å². The van der Waals surface area contributed by atoms with Crippen molar-refractivity contribution in [3.63, 3.8) is 0 Å². The molecule has 4 heterocycles. The van der Waals surface area contributed by atoms with Gasteiger partial charge >= 0.3 is 5.97 Å². The number of hydrogen-bond donors (Lipinski definition) is 3. The van der Waals surface area contributed by atoms with Crippen LogP contribution in [0.3, 0.4) is 0 Å². The second-order valence-corrected chi connectivity index (χ2v) is 16.1. The lowest BCUT2D eigenvalue weighted by Crippen LogP contribution is -2.60. The maximum Gasteiger partial charge on any atom is 0.311 e. The van der Waals surface area contributed by atoms with Crippen molar-refractivity contribution < 1.29 is 53.3 Å². The van der Waals surface area contributed by atoms with Gasteiger partial charge in [0.1, 0.15) is 35.8 Å². The fourth-order valence-electron chi connectivity index (χ4n) is 8.67. The van der Waals surface area contributed by atoms with Gasteiger partial charge in [-0.05, 0) is 74.1 Å². The van der Waals surface area contributed by atoms with E-state index in [9.17, 15) is 20.1 Å². The van der Waals surface area contributed by atoms with E-state index < -0.39 is 84.3 Å². The van der Waals surface area contributed by atoms with E-state index in [2.05, 4.69) is 0 Å². The molecule has 3 fully saturated rings. The highest BCUT2D eigenvalue weighted by Gasteiger charge is 2.55. The van der Waals surface area contributed by atoms with Gasteiger partial charge in [-0.3, -0.25) is 4.79 Å². The standard InChI is InChI=1S/C37H65NO11/c1-14-26-20(4)28(39)21(5)30-18(2)16-37(10,49-30)33(48-35-29(40)25(38(11)12)15-19(3)44-35)22(6)31(23(7)34(42)46-26)47-27-17-36(9,43-13)32(41)24(8)45-27/h19-29,31-33,35,39-41H,14-17H2,1-13H3/t19-,20+,21-,22+,23-,24+,25+,26-,27+,28+,29-,31+,32+,33-,35+,36-,37-/m1/s1. The van der Waals surface area contributed by atoms with E-state index in [0.717, 1.165) is 5.57 Å². The summed E-state index contributed by atoms with van der Waals surface area (Å²) >= 11 is 0. The van der Waals surface area contributed by atoms with Gasteiger partial charge in [-0.2, -0.15) is 0 Å². The molecule has 17 atom stereocenters. The molecule has 0 radical (unpaired) electrons. The molecule has 284 valence electrons. The van der Waals surface area contributed by atoms with Crippen LogP contribution in [0.1, 0.15) is 94.9 Å². The molecule has 0 aliphatic carbocycles. The number of cyclic esters (lactones) is 1. The number of esters is 1. The average molecular weight is 700 g/mol. The van der Waals surface area contributed by atoms with Crippen molar-refractivity contribution in [3.05, 3.63) is 11.3 Å². The number of aliphatic hydroxyl groups excluding tert-OH is 3. The third kappa shape index (κ3) is 8.18. The first-order valence-corrected chi connectivity index (χ1v) is 18.2. The zero-order chi connectivity index (χ0) is 36.7. The summed E-state index contributed by atoms with van der Waals surface area (Å²) in [5.41, 5.74) is -0.930. The minimum absolute atomic E-state index is 0.183. The lowest BCUT2D eigenvalue weighted by molar-refractivity contribution is -0.316. The summed E-state index contributed by atoms with van der Waals surface area (Å²) in [5.74, 6) is -1.87. The zero-order valence-electron chi connectivity index (χ0n) is 32.0. The van der Waals surface area contributed by atoms with E-state index in [0.29, 0.717) is 25.0 Å². The number of methoxy groups -OCH3 is 1. The number of nitrogens with zero attached hydrogens (tertiary/aromatic N) is 1. The number of aliphatic hydroxyl groups is 3. The Bertz CT molecular complexity index is 1170. The van der Waals surface area contributed by atoms with Gasteiger partial charge in [-0.25, -0.2) is 0 Å². The second-order valence-electron chi connectivity index (χ2n) is 16.1. The Morgan fingerprint density at radius 2 is 1.59 bits per heavy atom. The summed E-state index contributed by atoms with van der Waals surface area (Å²) in [7, 11) is 5.40. The smallest absolute Gasteiger partial charge is 0.311 e. The SMILES string of the molecule is CC[C@H]1OC(=O)[C@H](C)[C@@H](O[C@H]2C[C@@](C)(OC)[C@@H](O)[C@H](C)O2)[C@H](C)[C@@H](O[C@@H]2O[C@H](C)C[C@H](N(C)C)[C@H]2O)[C@@]2(C)CC(C)=C(O2)[C@H](C)[C@@H](O)[C@H]1C. The summed E-state index contributed by atoms with van der Waals surface area (Å²) < 4.78 is 45.0. The Hall–Kier alpha value is -1.35. The molecule has 0 aromatic rings. The predicted octanol–water partition coefficient (Wildman–Crippen LogP) is 3.78. The molecule has 3 saturated heterocycles. The van der Waals surface area contributed by atoms with Gasteiger partial charge in [0.15, 0.2) is 12.6 Å². The van der Waals surface area contributed by atoms with Crippen molar-refractivity contribution in [3.8, 4) is 0 Å². The molecule has 0 saturated carbocycles. The van der Waals surface area contributed by atoms with E-state index in [1.165, 1.54) is 0 Å². The van der Waals surface area contributed by atoms with Crippen LogP contribution in [0.5, 0.6) is 0 Å². The third-order valence-corrected chi connectivity index (χ3v) is 11.9. The summed E-state index contributed by atoms with van der Waals surface area (Å²) in [4.78, 5) is 16.1. The van der Waals surface area contributed by atoms with Gasteiger partial charge in [0.25, 0.3) is 0 Å². The summed E-state index contributed by atoms with van der Waals surface area (Å²) in [6.45, 7) is 19.0. The third-order valence-electron chi connectivity index (χ3n) is 11.9. The van der Waals surface area contributed by atoms with E-state index in [1.54, 1.807) is 21.0 Å². The fraction of sp³-hybridized carbons (Fsp3) is 0.919. The average Bonchev–Trinajstić information content (AvgIpc) is 3.36. The molecule has 0 unspecified atom stereocenters. The lowest BCUT2D eigenvalue weighted by Gasteiger charge is -2.48. The molecule has 4 rings (SSSR count). The number of fused-ring (bicyclic) bond motifs is 2. The Morgan fingerprint density at radius 1 is 0.939 bits per heavy atom. The van der Waals surface area contributed by atoms with E-state index >= 15 is 0 Å². The molecule has 0 aromatic heterocycles. The van der Waals surface area contributed by atoms with Gasteiger partial charge in [0, 0.05) is 43.7 Å². The van der Waals surface area contributed by atoms with E-state index in [1.807, 2.05) is 74.4 Å². The van der Waals surface area contributed by atoms with Gasteiger partial charge in [-0.15, -0.1) is 0 Å². The molecule has 0 aromatic carbocycles. The minimum atomic E-state index is -0.989. The molecule has 4 aliphatic rings. The van der Waals surface area contributed by atoms with Crippen molar-refractivity contribution in [2.45, 2.75) is 174 Å². The summed E-state index contributed by atoms with van der Waals surface area (Å²) in [5, 5.41) is 34.1. The summed E-state index contributed by atoms with van der Waals surface area (Å²) in [6, 6.07) is -0.203. The number of carbonyl (C=O) groups excluding carboxylic acids is 1. The minimum Gasteiger partial charge on any atom is -0.489 e. The van der Waals surface area contributed by atoms with Crippen molar-refractivity contribution in [2.75, 3.05) is 21.2 Å². The first-order chi connectivity index (χ1) is 22.8. The highest BCUT2D eigenvalue weighted by atomic mass is 16.7. The van der Waals surface area contributed by atoms with Crippen LogP contribution in [0.4, 0.5) is 0 Å². The van der Waals surface area contributed by atoms with Crippen LogP contribution in [0.2, 0.25) is 0 Å². The van der Waals surface area contributed by atoms with Crippen LogP contribution in [-0.2, 0) is 38.0 Å². The van der Waals surface area contributed by atoms with Crippen LogP contribution in [0, 0.1) is 23.7 Å². The highest BCUT2D eigenvalue weighted by molar-refractivity contribution is 5.73. The molecule has 4 aliphatic heterocycles. The molecule has 12 heteroatoms. The molecular weight excluding hydrogens is 634 g/mol. The van der Waals surface area contributed by atoms with Gasteiger partial charge < -0.3 is 53.4 Å². The number of likely N-dealkylation sites (N-methyl/N-ethyl adjacent to an activating group) is 1. The molecule has 12 nitrogen and oxygen atoms in total. The fourth-order valence-corrected chi connectivity index (χ4v) is 8.67. The van der Waals surface area contributed by atoms with Crippen LogP contribution < -0.4 is 0 Å². The predicted molar refractivity (Wildman–Crippen MR) is 182 cm³/mol. The monoisotopic (exact) mass is 699 g/mol. The first kappa shape index (κ1) is 40.4. The molecule has 0 amide bonds. The first-order valence-electron chi connectivity index (χ1n) is 18.2. The largest absolute Gasteiger partial charge is 0.489 e. The number of hydrogen-bond acceptors (Lipinski definition) is 12. The van der Waals surface area contributed by atoms with Crippen LogP contribution >= 0.6 is 0 Å². The Kier molecular flexibility index (Phi) is 13.0. The van der Waals surface area contributed by atoms with Crippen LogP contribution in [0.15, 0.2) is 11.3 Å². The Labute approximate surface area is 293 Å². The van der Waals surface area contributed by atoms with Gasteiger partial charge in [0.2, 0.25) is 0 Å². The summed E-state index contributed by atoms with van der Waals surface area (Å²) in [6.07, 6.45) is -5.56. The van der Waals surface area contributed by atoms with Crippen LogP contribution in [0.25, 0.3) is 0 Å². The Morgan fingerprint density at radius 3 is 2.18 bits per heavy atom. The zero-order valence-corrected chi connectivity index (χ0v) is 32.0. The Balaban J connectivity index is 1.82. The molecular formula is C37H65NO11. The van der Waals surface area contributed by atoms with Gasteiger partial charge in [0.05, 0.1) is 35.9 Å². The maximum absolute atomic E-state index is 14.1. The quantitative estimate of drug-likeness (QED) is 0.333. The van der Waals surface area contributed by atoms with Crippen molar-refractivity contribution >= 4 is 5.97 Å². The van der Waals surface area contributed by atoms with E-state index in [4.69, 9.17) is 33.2 Å². The van der Waals surface area contributed by atoms with Gasteiger partial charge in [-0.1, -0.05) is 27.7 Å². The topological polar surface area (TPSA) is 146 Å². The molecule has 49 heavy (non-hydrogen) atoms. The van der Waals surface area contributed by atoms with Crippen molar-refractivity contribution in [1.82, 2.24) is 4.90 Å². The molecule has 2 bridgehead atoms. The van der Waals surface area contributed by atoms with Crippen molar-refractivity contribution in [1.29, 1.82) is 0 Å². The lowest BCUT2D eigenvalue weighted by atomic mass is 9.79. The van der Waals surface area contributed by atoms with Crippen molar-refractivity contribution in [2.24, 2.45) is 23.7 Å². The highest BCUT2D eigenvalue weighted by Crippen LogP contribution is 2.47. The normalized spacial score (nSPS) is 48.8. The number of carbonyl (C=O) groups is 1. The van der Waals surface area contributed by atoms with E-state index in [-0.39, 0.29) is 30.4 Å². The number of ether oxygens (including phenoxy) is 7.